The van der Waals surface area contributed by atoms with Crippen molar-refractivity contribution in [2.45, 2.75) is 26.3 Å². The van der Waals surface area contributed by atoms with Crippen LogP contribution < -0.4 is 10.6 Å². The molecule has 6 heteroatoms. The molecule has 0 aromatic carbocycles. The SMILES string of the molecule is Cc1cc(Cl)nc(Cl)c1NC(=O)C1NCCC1C. The van der Waals surface area contributed by atoms with Gasteiger partial charge in [-0.05, 0) is 37.4 Å². The van der Waals surface area contributed by atoms with Crippen molar-refractivity contribution in [2.75, 3.05) is 11.9 Å². The van der Waals surface area contributed by atoms with Gasteiger partial charge in [-0.2, -0.15) is 0 Å². The van der Waals surface area contributed by atoms with Gasteiger partial charge < -0.3 is 10.6 Å². The van der Waals surface area contributed by atoms with Crippen molar-refractivity contribution in [2.24, 2.45) is 5.92 Å². The van der Waals surface area contributed by atoms with Gasteiger partial charge in [-0.15, -0.1) is 0 Å². The average molecular weight is 288 g/mol. The van der Waals surface area contributed by atoms with Crippen LogP contribution in [0.4, 0.5) is 5.69 Å². The first-order chi connectivity index (χ1) is 8.49. The lowest BCUT2D eigenvalue weighted by molar-refractivity contribution is -0.118. The summed E-state index contributed by atoms with van der Waals surface area (Å²) in [5.41, 5.74) is 1.34. The maximum atomic E-state index is 12.1. The average Bonchev–Trinajstić information content (AvgIpc) is 2.69. The van der Waals surface area contributed by atoms with E-state index in [1.165, 1.54) is 0 Å². The smallest absolute Gasteiger partial charge is 0.241 e. The summed E-state index contributed by atoms with van der Waals surface area (Å²) in [6.45, 7) is 4.75. The van der Waals surface area contributed by atoms with Crippen molar-refractivity contribution in [3.8, 4) is 0 Å². The minimum Gasteiger partial charge on any atom is -0.322 e. The van der Waals surface area contributed by atoms with Crippen LogP contribution in [0.25, 0.3) is 0 Å². The second-order valence-corrected chi connectivity index (χ2v) is 5.36. The van der Waals surface area contributed by atoms with Gasteiger partial charge in [0.15, 0.2) is 5.15 Å². The third-order valence-corrected chi connectivity index (χ3v) is 3.67. The third kappa shape index (κ3) is 2.76. The zero-order chi connectivity index (χ0) is 13.3. The maximum absolute atomic E-state index is 12.1. The van der Waals surface area contributed by atoms with E-state index in [1.54, 1.807) is 6.07 Å². The quantitative estimate of drug-likeness (QED) is 0.823. The third-order valence-electron chi connectivity index (χ3n) is 3.20. The monoisotopic (exact) mass is 287 g/mol. The van der Waals surface area contributed by atoms with E-state index in [2.05, 4.69) is 22.5 Å². The van der Waals surface area contributed by atoms with Gasteiger partial charge in [0.1, 0.15) is 5.15 Å². The predicted molar refractivity (Wildman–Crippen MR) is 73.2 cm³/mol. The number of anilines is 1. The molecule has 2 unspecified atom stereocenters. The summed E-state index contributed by atoms with van der Waals surface area (Å²) >= 11 is 11.8. The Balaban J connectivity index is 2.17. The Labute approximate surface area is 116 Å². The Morgan fingerprint density at radius 3 is 2.83 bits per heavy atom. The molecule has 1 fully saturated rings. The van der Waals surface area contributed by atoms with Crippen molar-refractivity contribution in [3.05, 3.63) is 21.9 Å². The summed E-state index contributed by atoms with van der Waals surface area (Å²) in [7, 11) is 0. The standard InChI is InChI=1S/C12H15Cl2N3O/c1-6-3-4-15-10(6)12(18)17-9-7(2)5-8(13)16-11(9)14/h5-6,10,15H,3-4H2,1-2H3,(H,17,18). The van der Waals surface area contributed by atoms with E-state index in [0.717, 1.165) is 18.5 Å². The highest BCUT2D eigenvalue weighted by Crippen LogP contribution is 2.27. The highest BCUT2D eigenvalue weighted by molar-refractivity contribution is 6.34. The van der Waals surface area contributed by atoms with E-state index in [0.29, 0.717) is 16.8 Å². The lowest BCUT2D eigenvalue weighted by atomic mass is 10.0. The summed E-state index contributed by atoms with van der Waals surface area (Å²) < 4.78 is 0. The van der Waals surface area contributed by atoms with E-state index >= 15 is 0 Å². The first kappa shape index (κ1) is 13.6. The molecule has 1 aromatic heterocycles. The van der Waals surface area contributed by atoms with Crippen LogP contribution >= 0.6 is 23.2 Å². The Morgan fingerprint density at radius 1 is 1.56 bits per heavy atom. The van der Waals surface area contributed by atoms with Crippen molar-refractivity contribution in [3.63, 3.8) is 0 Å². The maximum Gasteiger partial charge on any atom is 0.241 e. The molecule has 0 radical (unpaired) electrons. The predicted octanol–water partition coefficient (Wildman–Crippen LogP) is 2.63. The zero-order valence-electron chi connectivity index (χ0n) is 10.3. The molecule has 0 spiro atoms. The molecule has 2 rings (SSSR count). The van der Waals surface area contributed by atoms with Crippen LogP contribution in [0.5, 0.6) is 0 Å². The van der Waals surface area contributed by atoms with E-state index in [-0.39, 0.29) is 17.1 Å². The molecule has 98 valence electrons. The van der Waals surface area contributed by atoms with Crippen molar-refractivity contribution >= 4 is 34.8 Å². The van der Waals surface area contributed by atoms with Gasteiger partial charge in [0.25, 0.3) is 0 Å². The lowest BCUT2D eigenvalue weighted by Gasteiger charge is -2.17. The molecule has 0 aliphatic carbocycles. The van der Waals surface area contributed by atoms with Gasteiger partial charge in [0, 0.05) is 0 Å². The minimum absolute atomic E-state index is 0.0749. The highest BCUT2D eigenvalue weighted by Gasteiger charge is 2.29. The second-order valence-electron chi connectivity index (χ2n) is 4.61. The summed E-state index contributed by atoms with van der Waals surface area (Å²) in [5, 5.41) is 6.54. The van der Waals surface area contributed by atoms with E-state index in [4.69, 9.17) is 23.2 Å². The number of carbonyl (C=O) groups is 1. The first-order valence-corrected chi connectivity index (χ1v) is 6.61. The van der Waals surface area contributed by atoms with Crippen molar-refractivity contribution in [1.82, 2.24) is 10.3 Å². The molecule has 1 amide bonds. The fraction of sp³-hybridized carbons (Fsp3) is 0.500. The van der Waals surface area contributed by atoms with Crippen LogP contribution in [0.1, 0.15) is 18.9 Å². The van der Waals surface area contributed by atoms with Gasteiger partial charge in [-0.1, -0.05) is 30.1 Å². The molecule has 1 saturated heterocycles. The number of nitrogens with zero attached hydrogens (tertiary/aromatic N) is 1. The number of rotatable bonds is 2. The van der Waals surface area contributed by atoms with Crippen LogP contribution in [-0.2, 0) is 4.79 Å². The molecule has 2 atom stereocenters. The van der Waals surface area contributed by atoms with Gasteiger partial charge in [0.2, 0.25) is 5.91 Å². The topological polar surface area (TPSA) is 54.0 Å². The lowest BCUT2D eigenvalue weighted by Crippen LogP contribution is -2.39. The van der Waals surface area contributed by atoms with Crippen molar-refractivity contribution in [1.29, 1.82) is 0 Å². The number of halogens is 2. The van der Waals surface area contributed by atoms with Crippen molar-refractivity contribution < 1.29 is 4.79 Å². The Hall–Kier alpha value is -0.840. The van der Waals surface area contributed by atoms with Gasteiger partial charge in [-0.25, -0.2) is 4.98 Å². The number of carbonyl (C=O) groups excluding carboxylic acids is 1. The molecular weight excluding hydrogens is 273 g/mol. The Bertz CT molecular complexity index is 455. The molecule has 2 N–H and O–H groups in total. The van der Waals surface area contributed by atoms with Crippen LogP contribution in [0.2, 0.25) is 10.3 Å². The molecule has 0 bridgehead atoms. The number of hydrogen-bond acceptors (Lipinski definition) is 3. The van der Waals surface area contributed by atoms with Gasteiger partial charge >= 0.3 is 0 Å². The second kappa shape index (κ2) is 5.43. The molecule has 1 aliphatic heterocycles. The van der Waals surface area contributed by atoms with Crippen LogP contribution in [0.3, 0.4) is 0 Å². The fourth-order valence-electron chi connectivity index (χ4n) is 2.13. The van der Waals surface area contributed by atoms with E-state index in [1.807, 2.05) is 6.92 Å². The van der Waals surface area contributed by atoms with E-state index < -0.39 is 0 Å². The molecule has 1 aromatic rings. The number of hydrogen-bond donors (Lipinski definition) is 2. The number of amides is 1. The summed E-state index contributed by atoms with van der Waals surface area (Å²) in [6.07, 6.45) is 1.00. The molecule has 1 aliphatic rings. The van der Waals surface area contributed by atoms with Crippen LogP contribution in [0.15, 0.2) is 6.07 Å². The van der Waals surface area contributed by atoms with Gasteiger partial charge in [-0.3, -0.25) is 4.79 Å². The molecule has 0 saturated carbocycles. The summed E-state index contributed by atoms with van der Waals surface area (Å²) in [5.74, 6) is 0.249. The highest BCUT2D eigenvalue weighted by atomic mass is 35.5. The van der Waals surface area contributed by atoms with Crippen LogP contribution in [-0.4, -0.2) is 23.5 Å². The summed E-state index contributed by atoms with van der Waals surface area (Å²) in [6, 6.07) is 1.50. The molecule has 2 heterocycles. The number of nitrogens with one attached hydrogen (secondary N) is 2. The number of aryl methyl sites for hydroxylation is 1. The summed E-state index contributed by atoms with van der Waals surface area (Å²) in [4.78, 5) is 16.1. The Kier molecular flexibility index (Phi) is 4.10. The number of pyridine rings is 1. The largest absolute Gasteiger partial charge is 0.322 e. The normalized spacial score (nSPS) is 23.1. The molecule has 4 nitrogen and oxygen atoms in total. The van der Waals surface area contributed by atoms with Gasteiger partial charge in [0.05, 0.1) is 11.7 Å². The fourth-order valence-corrected chi connectivity index (χ4v) is 2.71. The minimum atomic E-state index is -0.170. The molecule has 18 heavy (non-hydrogen) atoms. The van der Waals surface area contributed by atoms with E-state index in [9.17, 15) is 4.79 Å². The Morgan fingerprint density at radius 2 is 2.28 bits per heavy atom. The first-order valence-electron chi connectivity index (χ1n) is 5.86. The van der Waals surface area contributed by atoms with Crippen LogP contribution in [0, 0.1) is 12.8 Å². The number of aromatic nitrogens is 1. The zero-order valence-corrected chi connectivity index (χ0v) is 11.8. The molecular formula is C12H15Cl2N3O.